The van der Waals surface area contributed by atoms with Crippen LogP contribution in [0.3, 0.4) is 0 Å². The zero-order chi connectivity index (χ0) is 26.5. The highest BCUT2D eigenvalue weighted by Gasteiger charge is 2.32. The molecule has 3 rings (SSSR count). The van der Waals surface area contributed by atoms with Gasteiger partial charge in [0.1, 0.15) is 12.6 Å². The maximum Gasteiger partial charge on any atom is 0.264 e. The van der Waals surface area contributed by atoms with Gasteiger partial charge < -0.3 is 10.2 Å². The van der Waals surface area contributed by atoms with Gasteiger partial charge in [-0.2, -0.15) is 0 Å². The quantitative estimate of drug-likeness (QED) is 0.388. The first-order valence-electron chi connectivity index (χ1n) is 11.1. The number of anilines is 1. The molecule has 1 unspecified atom stereocenters. The van der Waals surface area contributed by atoms with Crippen molar-refractivity contribution in [3.63, 3.8) is 0 Å². The Morgan fingerprint density at radius 2 is 1.69 bits per heavy atom. The van der Waals surface area contributed by atoms with Crippen molar-refractivity contribution in [1.29, 1.82) is 0 Å². The Morgan fingerprint density at radius 1 is 1.03 bits per heavy atom. The van der Waals surface area contributed by atoms with Crippen molar-refractivity contribution in [3.05, 3.63) is 93.4 Å². The van der Waals surface area contributed by atoms with E-state index in [4.69, 9.17) is 11.6 Å². The van der Waals surface area contributed by atoms with E-state index in [1.165, 1.54) is 36.2 Å². The van der Waals surface area contributed by atoms with E-state index >= 15 is 0 Å². The second-order valence-corrected chi connectivity index (χ2v) is 11.5. The summed E-state index contributed by atoms with van der Waals surface area (Å²) < 4.78 is 29.3. The molecule has 1 N–H and O–H groups in total. The topological polar surface area (TPSA) is 86.8 Å². The predicted molar refractivity (Wildman–Crippen MR) is 145 cm³/mol. The summed E-state index contributed by atoms with van der Waals surface area (Å²) in [6.45, 7) is 3.07. The first kappa shape index (κ1) is 27.7. The second-order valence-electron chi connectivity index (χ2n) is 8.25. The number of likely N-dealkylation sites (N-methyl/N-ethyl adjacent to an activating group) is 1. The zero-order valence-electron chi connectivity index (χ0n) is 20.1. The number of benzene rings is 3. The minimum absolute atomic E-state index is 0.000837. The van der Waals surface area contributed by atoms with Gasteiger partial charge in [0.2, 0.25) is 11.8 Å². The molecule has 7 nitrogen and oxygen atoms in total. The fourth-order valence-corrected chi connectivity index (χ4v) is 5.65. The Kier molecular flexibility index (Phi) is 9.16. The van der Waals surface area contributed by atoms with Gasteiger partial charge >= 0.3 is 0 Å². The van der Waals surface area contributed by atoms with Crippen LogP contribution in [0.2, 0.25) is 5.02 Å². The van der Waals surface area contributed by atoms with Crippen LogP contribution in [0.25, 0.3) is 0 Å². The highest BCUT2D eigenvalue weighted by molar-refractivity contribution is 9.10. The van der Waals surface area contributed by atoms with Gasteiger partial charge in [-0.3, -0.25) is 13.9 Å². The Balaban J connectivity index is 2.03. The molecule has 0 aromatic heterocycles. The first-order chi connectivity index (χ1) is 17.0. The van der Waals surface area contributed by atoms with Crippen LogP contribution in [0, 0.1) is 6.92 Å². The van der Waals surface area contributed by atoms with Crippen molar-refractivity contribution in [2.24, 2.45) is 0 Å². The van der Waals surface area contributed by atoms with Gasteiger partial charge in [-0.1, -0.05) is 51.8 Å². The molecule has 0 fully saturated rings. The number of nitrogens with zero attached hydrogens (tertiary/aromatic N) is 2. The molecule has 0 spiro atoms. The largest absolute Gasteiger partial charge is 0.357 e. The van der Waals surface area contributed by atoms with Crippen LogP contribution in [-0.2, 0) is 26.2 Å². The summed E-state index contributed by atoms with van der Waals surface area (Å²) in [5.41, 5.74) is 1.96. The summed E-state index contributed by atoms with van der Waals surface area (Å²) in [5, 5.41) is 2.96. The minimum Gasteiger partial charge on any atom is -0.357 e. The lowest BCUT2D eigenvalue weighted by Crippen LogP contribution is -2.50. The summed E-state index contributed by atoms with van der Waals surface area (Å²) >= 11 is 9.38. The lowest BCUT2D eigenvalue weighted by molar-refractivity contribution is -0.139. The number of hydrogen-bond acceptors (Lipinski definition) is 4. The molecule has 0 aliphatic heterocycles. The maximum absolute atomic E-state index is 13.7. The van der Waals surface area contributed by atoms with Crippen LogP contribution in [0.15, 0.2) is 82.2 Å². The smallest absolute Gasteiger partial charge is 0.264 e. The third kappa shape index (κ3) is 6.66. The Labute approximate surface area is 225 Å². The van der Waals surface area contributed by atoms with Gasteiger partial charge in [0, 0.05) is 23.1 Å². The molecule has 0 bridgehead atoms. The molecule has 190 valence electrons. The zero-order valence-corrected chi connectivity index (χ0v) is 23.3. The standard InChI is InChI=1S/C26H27BrClN3O4S/c1-18-6-4-9-23(14-18)31(36(34,35)24-12-10-22(28)11-13-24)17-25(32)30(19(2)26(33)29-3)16-20-7-5-8-21(27)15-20/h4-15,19H,16-17H2,1-3H3,(H,29,33). The molecule has 0 aliphatic rings. The van der Waals surface area contributed by atoms with E-state index in [9.17, 15) is 18.0 Å². The number of hydrogen-bond donors (Lipinski definition) is 1. The summed E-state index contributed by atoms with van der Waals surface area (Å²) in [6, 6.07) is 19.2. The number of carbonyl (C=O) groups is 2. The molecule has 3 aromatic carbocycles. The molecule has 3 aromatic rings. The lowest BCUT2D eigenvalue weighted by Gasteiger charge is -2.32. The molecule has 1 atom stereocenters. The van der Waals surface area contributed by atoms with Gasteiger partial charge in [0.15, 0.2) is 0 Å². The number of nitrogens with one attached hydrogen (secondary N) is 1. The molecule has 0 saturated carbocycles. The number of sulfonamides is 1. The van der Waals surface area contributed by atoms with Crippen LogP contribution in [0.1, 0.15) is 18.1 Å². The average molecular weight is 593 g/mol. The second kappa shape index (κ2) is 11.9. The molecule has 36 heavy (non-hydrogen) atoms. The van der Waals surface area contributed by atoms with Crippen molar-refractivity contribution in [2.45, 2.75) is 31.3 Å². The van der Waals surface area contributed by atoms with E-state index in [1.54, 1.807) is 25.1 Å². The van der Waals surface area contributed by atoms with Crippen LogP contribution in [0.5, 0.6) is 0 Å². The normalized spacial score (nSPS) is 12.0. The fraction of sp³-hybridized carbons (Fsp3) is 0.231. The third-order valence-electron chi connectivity index (χ3n) is 5.63. The molecule has 0 saturated heterocycles. The van der Waals surface area contributed by atoms with Gasteiger partial charge in [-0.25, -0.2) is 8.42 Å². The van der Waals surface area contributed by atoms with Crippen LogP contribution in [-0.4, -0.2) is 44.8 Å². The van der Waals surface area contributed by atoms with Crippen molar-refractivity contribution < 1.29 is 18.0 Å². The minimum atomic E-state index is -4.13. The molecule has 10 heteroatoms. The van der Waals surface area contributed by atoms with Gasteiger partial charge in [0.25, 0.3) is 10.0 Å². The molecule has 0 heterocycles. The summed E-state index contributed by atoms with van der Waals surface area (Å²) in [4.78, 5) is 27.6. The predicted octanol–water partition coefficient (Wildman–Crippen LogP) is 4.77. The van der Waals surface area contributed by atoms with E-state index in [1.807, 2.05) is 37.3 Å². The van der Waals surface area contributed by atoms with E-state index in [2.05, 4.69) is 21.2 Å². The Hall–Kier alpha value is -2.88. The van der Waals surface area contributed by atoms with Gasteiger partial charge in [0.05, 0.1) is 10.6 Å². The molecule has 0 aliphatic carbocycles. The van der Waals surface area contributed by atoms with Crippen molar-refractivity contribution in [1.82, 2.24) is 10.2 Å². The maximum atomic E-state index is 13.7. The Morgan fingerprint density at radius 3 is 2.31 bits per heavy atom. The highest BCUT2D eigenvalue weighted by atomic mass is 79.9. The van der Waals surface area contributed by atoms with Crippen molar-refractivity contribution in [3.8, 4) is 0 Å². The monoisotopic (exact) mass is 591 g/mol. The lowest BCUT2D eigenvalue weighted by atomic mass is 10.1. The third-order valence-corrected chi connectivity index (χ3v) is 8.16. The van der Waals surface area contributed by atoms with Gasteiger partial charge in [-0.05, 0) is 73.5 Å². The summed E-state index contributed by atoms with van der Waals surface area (Å²) in [7, 11) is -2.64. The number of carbonyl (C=O) groups excluding carboxylic acids is 2. The van der Waals surface area contributed by atoms with Crippen LogP contribution < -0.4 is 9.62 Å². The van der Waals surface area contributed by atoms with Crippen molar-refractivity contribution >= 4 is 55.1 Å². The Bertz CT molecular complexity index is 1350. The molecule has 0 radical (unpaired) electrons. The SMILES string of the molecule is CNC(=O)C(C)N(Cc1cccc(Br)c1)C(=O)CN(c1cccc(C)c1)S(=O)(=O)c1ccc(Cl)cc1. The number of aryl methyl sites for hydroxylation is 1. The average Bonchev–Trinajstić information content (AvgIpc) is 2.85. The highest BCUT2D eigenvalue weighted by Crippen LogP contribution is 2.26. The number of amides is 2. The van der Waals surface area contributed by atoms with E-state index in [0.717, 1.165) is 19.9 Å². The fourth-order valence-electron chi connectivity index (χ4n) is 3.67. The number of halogens is 2. The van der Waals surface area contributed by atoms with E-state index in [0.29, 0.717) is 10.7 Å². The number of rotatable bonds is 9. The summed E-state index contributed by atoms with van der Waals surface area (Å²) in [6.07, 6.45) is 0. The van der Waals surface area contributed by atoms with Crippen molar-refractivity contribution in [2.75, 3.05) is 17.9 Å². The summed E-state index contributed by atoms with van der Waals surface area (Å²) in [5.74, 6) is -0.883. The van der Waals surface area contributed by atoms with Crippen LogP contribution in [0.4, 0.5) is 5.69 Å². The first-order valence-corrected chi connectivity index (χ1v) is 13.7. The van der Waals surface area contributed by atoms with E-state index < -0.39 is 28.5 Å². The van der Waals surface area contributed by atoms with Crippen LogP contribution >= 0.6 is 27.5 Å². The molecular formula is C26H27BrClN3O4S. The molecule has 2 amide bonds. The van der Waals surface area contributed by atoms with E-state index in [-0.39, 0.29) is 17.3 Å². The van der Waals surface area contributed by atoms with Gasteiger partial charge in [-0.15, -0.1) is 0 Å². The molecular weight excluding hydrogens is 566 g/mol.